The highest BCUT2D eigenvalue weighted by atomic mass is 35.5. The molecule has 1 heterocycles. The van der Waals surface area contributed by atoms with Crippen LogP contribution >= 0.6 is 11.6 Å². The van der Waals surface area contributed by atoms with Gasteiger partial charge in [0.2, 0.25) is 0 Å². The summed E-state index contributed by atoms with van der Waals surface area (Å²) < 4.78 is 5.25. The van der Waals surface area contributed by atoms with Crippen molar-refractivity contribution in [2.24, 2.45) is 0 Å². The fourth-order valence-electron chi connectivity index (χ4n) is 1.18. The molecular formula is C9H7ClO2. The summed E-state index contributed by atoms with van der Waals surface area (Å²) in [6.45, 7) is 1.71. The maximum Gasteiger partial charge on any atom is 0.164 e. The Hall–Kier alpha value is -1.15. The van der Waals surface area contributed by atoms with Crippen molar-refractivity contribution in [1.29, 1.82) is 0 Å². The van der Waals surface area contributed by atoms with E-state index in [0.717, 1.165) is 0 Å². The van der Waals surface area contributed by atoms with Gasteiger partial charge in [0.15, 0.2) is 5.75 Å². The quantitative estimate of drug-likeness (QED) is 0.679. The summed E-state index contributed by atoms with van der Waals surface area (Å²) in [5, 5.41) is 10.7. The number of hydrogen-bond donors (Lipinski definition) is 1. The Morgan fingerprint density at radius 3 is 2.92 bits per heavy atom. The second kappa shape index (κ2) is 2.42. The highest BCUT2D eigenvalue weighted by Gasteiger charge is 2.08. The largest absolute Gasteiger partial charge is 0.504 e. The van der Waals surface area contributed by atoms with Crippen LogP contribution in [0.3, 0.4) is 0 Å². The molecule has 0 fully saturated rings. The third-order valence-electron chi connectivity index (χ3n) is 1.79. The third-order valence-corrected chi connectivity index (χ3v) is 2.03. The summed E-state index contributed by atoms with van der Waals surface area (Å²) in [7, 11) is 0. The molecule has 2 nitrogen and oxygen atoms in total. The zero-order valence-electron chi connectivity index (χ0n) is 6.47. The first kappa shape index (κ1) is 7.50. The number of benzene rings is 1. The highest BCUT2D eigenvalue weighted by molar-refractivity contribution is 6.31. The number of aryl methyl sites for hydroxylation is 1. The van der Waals surface area contributed by atoms with E-state index < -0.39 is 0 Å². The van der Waals surface area contributed by atoms with Crippen LogP contribution in [0.15, 0.2) is 22.6 Å². The molecular weight excluding hydrogens is 176 g/mol. The SMILES string of the molecule is Cc1oc2ccc(Cl)cc2c1O. The van der Waals surface area contributed by atoms with Crippen LogP contribution in [0.2, 0.25) is 5.02 Å². The Kier molecular flexibility index (Phi) is 1.51. The van der Waals surface area contributed by atoms with Crippen molar-refractivity contribution in [2.45, 2.75) is 6.92 Å². The first-order chi connectivity index (χ1) is 5.68. The molecule has 0 atom stereocenters. The van der Waals surface area contributed by atoms with E-state index in [1.54, 1.807) is 25.1 Å². The molecule has 0 saturated heterocycles. The lowest BCUT2D eigenvalue weighted by Crippen LogP contribution is -1.65. The van der Waals surface area contributed by atoms with E-state index in [2.05, 4.69) is 0 Å². The van der Waals surface area contributed by atoms with Gasteiger partial charge in [-0.2, -0.15) is 0 Å². The number of hydrogen-bond acceptors (Lipinski definition) is 2. The van der Waals surface area contributed by atoms with Gasteiger partial charge < -0.3 is 9.52 Å². The van der Waals surface area contributed by atoms with Gasteiger partial charge in [-0.25, -0.2) is 0 Å². The van der Waals surface area contributed by atoms with Crippen molar-refractivity contribution in [3.05, 3.63) is 29.0 Å². The van der Waals surface area contributed by atoms with Crippen LogP contribution in [0.25, 0.3) is 11.0 Å². The van der Waals surface area contributed by atoms with Gasteiger partial charge in [-0.1, -0.05) is 11.6 Å². The third kappa shape index (κ3) is 0.959. The first-order valence-corrected chi connectivity index (χ1v) is 3.94. The molecule has 0 radical (unpaired) electrons. The van der Waals surface area contributed by atoms with Crippen LogP contribution < -0.4 is 0 Å². The van der Waals surface area contributed by atoms with Crippen LogP contribution in [0, 0.1) is 6.92 Å². The van der Waals surface area contributed by atoms with E-state index >= 15 is 0 Å². The van der Waals surface area contributed by atoms with E-state index in [1.807, 2.05) is 0 Å². The molecule has 2 rings (SSSR count). The Balaban J connectivity index is 2.88. The molecule has 62 valence electrons. The van der Waals surface area contributed by atoms with Crippen molar-refractivity contribution in [3.63, 3.8) is 0 Å². The number of rotatable bonds is 0. The standard InChI is InChI=1S/C9H7ClO2/c1-5-9(11)7-4-6(10)2-3-8(7)12-5/h2-4,11H,1H3. The van der Waals surface area contributed by atoms with Gasteiger partial charge in [0, 0.05) is 5.02 Å². The highest BCUT2D eigenvalue weighted by Crippen LogP contribution is 2.32. The summed E-state index contributed by atoms with van der Waals surface area (Å²) in [5.74, 6) is 0.694. The molecule has 0 spiro atoms. The summed E-state index contributed by atoms with van der Waals surface area (Å²) in [6.07, 6.45) is 0. The Morgan fingerprint density at radius 1 is 1.42 bits per heavy atom. The second-order valence-electron chi connectivity index (χ2n) is 2.65. The Bertz CT molecular complexity index is 431. The molecule has 0 amide bonds. The van der Waals surface area contributed by atoms with Gasteiger partial charge in [0.1, 0.15) is 11.3 Å². The smallest absolute Gasteiger partial charge is 0.164 e. The zero-order chi connectivity index (χ0) is 8.72. The lowest BCUT2D eigenvalue weighted by molar-refractivity contribution is 0.451. The molecule has 0 aliphatic carbocycles. The van der Waals surface area contributed by atoms with Crippen molar-refractivity contribution in [1.82, 2.24) is 0 Å². The lowest BCUT2D eigenvalue weighted by atomic mass is 10.2. The average molecular weight is 183 g/mol. The molecule has 0 aliphatic heterocycles. The van der Waals surface area contributed by atoms with Crippen molar-refractivity contribution in [2.75, 3.05) is 0 Å². The van der Waals surface area contributed by atoms with E-state index in [1.165, 1.54) is 0 Å². The minimum absolute atomic E-state index is 0.174. The molecule has 12 heavy (non-hydrogen) atoms. The molecule has 1 N–H and O–H groups in total. The van der Waals surface area contributed by atoms with Crippen LogP contribution in [-0.2, 0) is 0 Å². The van der Waals surface area contributed by atoms with E-state index in [-0.39, 0.29) is 5.75 Å². The van der Waals surface area contributed by atoms with Crippen molar-refractivity contribution >= 4 is 22.6 Å². The number of furan rings is 1. The Morgan fingerprint density at radius 2 is 2.17 bits per heavy atom. The summed E-state index contributed by atoms with van der Waals surface area (Å²) in [4.78, 5) is 0. The maximum absolute atomic E-state index is 9.47. The number of halogens is 1. The molecule has 1 aromatic heterocycles. The van der Waals surface area contributed by atoms with Gasteiger partial charge in [-0.05, 0) is 25.1 Å². The van der Waals surface area contributed by atoms with Gasteiger partial charge >= 0.3 is 0 Å². The average Bonchev–Trinajstić information content (AvgIpc) is 2.31. The molecule has 0 saturated carbocycles. The molecule has 0 bridgehead atoms. The molecule has 0 aliphatic rings. The molecule has 3 heteroatoms. The number of fused-ring (bicyclic) bond motifs is 1. The minimum atomic E-state index is 0.174. The van der Waals surface area contributed by atoms with Crippen LogP contribution in [0.1, 0.15) is 5.76 Å². The normalized spacial score (nSPS) is 10.8. The van der Waals surface area contributed by atoms with Crippen molar-refractivity contribution < 1.29 is 9.52 Å². The minimum Gasteiger partial charge on any atom is -0.504 e. The van der Waals surface area contributed by atoms with Crippen LogP contribution in [-0.4, -0.2) is 5.11 Å². The maximum atomic E-state index is 9.47. The van der Waals surface area contributed by atoms with E-state index in [0.29, 0.717) is 21.8 Å². The van der Waals surface area contributed by atoms with Gasteiger partial charge in [0.05, 0.1) is 5.39 Å². The molecule has 0 unspecified atom stereocenters. The zero-order valence-corrected chi connectivity index (χ0v) is 7.22. The monoisotopic (exact) mass is 182 g/mol. The van der Waals surface area contributed by atoms with Gasteiger partial charge in [-0.15, -0.1) is 0 Å². The number of aromatic hydroxyl groups is 1. The summed E-state index contributed by atoms with van der Waals surface area (Å²) in [5.41, 5.74) is 0.661. The molecule has 2 aromatic rings. The van der Waals surface area contributed by atoms with Crippen LogP contribution in [0.4, 0.5) is 0 Å². The summed E-state index contributed by atoms with van der Waals surface area (Å²) >= 11 is 5.75. The van der Waals surface area contributed by atoms with Crippen LogP contribution in [0.5, 0.6) is 5.75 Å². The van der Waals surface area contributed by atoms with Gasteiger partial charge in [-0.3, -0.25) is 0 Å². The van der Waals surface area contributed by atoms with E-state index in [9.17, 15) is 5.11 Å². The fraction of sp³-hybridized carbons (Fsp3) is 0.111. The molecule has 1 aromatic carbocycles. The first-order valence-electron chi connectivity index (χ1n) is 3.56. The predicted molar refractivity (Wildman–Crippen MR) is 47.6 cm³/mol. The topological polar surface area (TPSA) is 33.4 Å². The summed E-state index contributed by atoms with van der Waals surface area (Å²) in [6, 6.07) is 5.15. The fourth-order valence-corrected chi connectivity index (χ4v) is 1.35. The van der Waals surface area contributed by atoms with E-state index in [4.69, 9.17) is 16.0 Å². The van der Waals surface area contributed by atoms with Crippen molar-refractivity contribution in [3.8, 4) is 5.75 Å². The predicted octanol–water partition coefficient (Wildman–Crippen LogP) is 3.10. The van der Waals surface area contributed by atoms with Gasteiger partial charge in [0.25, 0.3) is 0 Å². The lowest BCUT2D eigenvalue weighted by Gasteiger charge is -1.89. The Labute approximate surface area is 74.4 Å². The second-order valence-corrected chi connectivity index (χ2v) is 3.08.